The molecule has 5 rings (SSSR count). The third-order valence-corrected chi connectivity index (χ3v) is 8.77. The summed E-state index contributed by atoms with van der Waals surface area (Å²) in [6.07, 6.45) is 5.60. The second-order valence-corrected chi connectivity index (χ2v) is 11.7. The Balaban J connectivity index is 1.21. The van der Waals surface area contributed by atoms with Crippen molar-refractivity contribution in [2.24, 2.45) is 0 Å². The number of carbonyl (C=O) groups is 3. The molecule has 1 aliphatic heterocycles. The molecule has 2 amide bonds. The van der Waals surface area contributed by atoms with E-state index in [0.29, 0.717) is 25.5 Å². The summed E-state index contributed by atoms with van der Waals surface area (Å²) in [5, 5.41) is 3.38. The van der Waals surface area contributed by atoms with Gasteiger partial charge in [-0.05, 0) is 74.1 Å². The van der Waals surface area contributed by atoms with Crippen molar-refractivity contribution in [1.82, 2.24) is 0 Å². The number of thiocarbonyl (C=S) groups is 1. The molecule has 200 valence electrons. The Kier molecular flexibility index (Phi) is 8.44. The molecule has 39 heavy (non-hydrogen) atoms. The monoisotopic (exact) mass is 578 g/mol. The fourth-order valence-electron chi connectivity index (χ4n) is 4.46. The van der Waals surface area contributed by atoms with Gasteiger partial charge < -0.3 is 14.8 Å². The molecule has 2 aromatic carbocycles. The number of para-hydroxylation sites is 1. The Morgan fingerprint density at radius 3 is 2.56 bits per heavy atom. The standard InChI is InChI=1S/C29H26N2O5S3/c1-2-35-28(34)25-21-10-6-7-11-22(21)38-26(25)30-24(32)17-36-20-14-12-18(13-15-20)16-23-27(33)31(29(37)39-23)19-8-4-3-5-9-19/h3-5,8-9,12-16H,2,6-7,10-11,17H2,1H3,(H,30,32)/b23-16-. The van der Waals surface area contributed by atoms with Gasteiger partial charge in [-0.25, -0.2) is 4.79 Å². The van der Waals surface area contributed by atoms with E-state index in [9.17, 15) is 14.4 Å². The molecule has 1 aliphatic carbocycles. The molecule has 1 N–H and O–H groups in total. The van der Waals surface area contributed by atoms with E-state index in [-0.39, 0.29) is 25.0 Å². The van der Waals surface area contributed by atoms with Gasteiger partial charge in [-0.3, -0.25) is 14.5 Å². The lowest BCUT2D eigenvalue weighted by Crippen LogP contribution is -2.27. The summed E-state index contributed by atoms with van der Waals surface area (Å²) in [7, 11) is 0. The Morgan fingerprint density at radius 1 is 1.08 bits per heavy atom. The van der Waals surface area contributed by atoms with Crippen molar-refractivity contribution in [3.05, 3.63) is 81.1 Å². The number of nitrogens with one attached hydrogen (secondary N) is 1. The highest BCUT2D eigenvalue weighted by atomic mass is 32.2. The van der Waals surface area contributed by atoms with Crippen LogP contribution in [0.4, 0.5) is 10.7 Å². The summed E-state index contributed by atoms with van der Waals surface area (Å²) in [5.41, 5.74) is 3.02. The van der Waals surface area contributed by atoms with Gasteiger partial charge in [0.2, 0.25) is 0 Å². The normalized spacial score (nSPS) is 15.8. The predicted octanol–water partition coefficient (Wildman–Crippen LogP) is 6.23. The van der Waals surface area contributed by atoms with Crippen LogP contribution >= 0.6 is 35.3 Å². The SMILES string of the molecule is CCOC(=O)c1c(NC(=O)COc2ccc(/C=C3\SC(=S)N(c4ccccc4)C3=O)cc2)sc2c1CCCC2. The van der Waals surface area contributed by atoms with Gasteiger partial charge in [-0.1, -0.05) is 54.3 Å². The van der Waals surface area contributed by atoms with Gasteiger partial charge in [0.15, 0.2) is 10.9 Å². The number of aryl methyl sites for hydroxylation is 1. The smallest absolute Gasteiger partial charge is 0.341 e. The van der Waals surface area contributed by atoms with Crippen LogP contribution in [0.25, 0.3) is 6.08 Å². The van der Waals surface area contributed by atoms with Gasteiger partial charge in [0.25, 0.3) is 11.8 Å². The number of benzene rings is 2. The average Bonchev–Trinajstić information content (AvgIpc) is 3.44. The van der Waals surface area contributed by atoms with Gasteiger partial charge in [0.05, 0.1) is 22.8 Å². The zero-order valence-electron chi connectivity index (χ0n) is 21.2. The predicted molar refractivity (Wildman–Crippen MR) is 160 cm³/mol. The number of carbonyl (C=O) groups excluding carboxylic acids is 3. The lowest BCUT2D eigenvalue weighted by molar-refractivity contribution is -0.118. The quantitative estimate of drug-likeness (QED) is 0.193. The van der Waals surface area contributed by atoms with E-state index in [1.54, 1.807) is 25.1 Å². The number of esters is 1. The van der Waals surface area contributed by atoms with Gasteiger partial charge in [0, 0.05) is 4.88 Å². The van der Waals surface area contributed by atoms with Crippen LogP contribution in [-0.2, 0) is 27.2 Å². The highest BCUT2D eigenvalue weighted by Crippen LogP contribution is 2.39. The number of hydrogen-bond acceptors (Lipinski definition) is 8. The maximum atomic E-state index is 12.9. The van der Waals surface area contributed by atoms with Crippen molar-refractivity contribution in [1.29, 1.82) is 0 Å². The molecule has 0 spiro atoms. The molecule has 0 radical (unpaired) electrons. The third kappa shape index (κ3) is 6.08. The van der Waals surface area contributed by atoms with Crippen molar-refractivity contribution in [2.45, 2.75) is 32.6 Å². The summed E-state index contributed by atoms with van der Waals surface area (Å²) in [6.45, 7) is 1.83. The van der Waals surface area contributed by atoms with Crippen LogP contribution in [0.5, 0.6) is 5.75 Å². The minimum Gasteiger partial charge on any atom is -0.484 e. The van der Waals surface area contributed by atoms with Crippen molar-refractivity contribution in [2.75, 3.05) is 23.4 Å². The number of ether oxygens (including phenoxy) is 2. The number of thioether (sulfide) groups is 1. The van der Waals surface area contributed by atoms with Crippen LogP contribution in [0.15, 0.2) is 59.5 Å². The van der Waals surface area contributed by atoms with Crippen molar-refractivity contribution >= 4 is 74.2 Å². The molecule has 0 saturated carbocycles. The van der Waals surface area contributed by atoms with E-state index in [0.717, 1.165) is 47.4 Å². The molecule has 0 atom stereocenters. The molecule has 0 unspecified atom stereocenters. The molecule has 10 heteroatoms. The first-order valence-corrected chi connectivity index (χ1v) is 14.7. The summed E-state index contributed by atoms with van der Waals surface area (Å²) in [6, 6.07) is 16.4. The number of fused-ring (bicyclic) bond motifs is 1. The number of rotatable bonds is 8. The molecule has 7 nitrogen and oxygen atoms in total. The largest absolute Gasteiger partial charge is 0.484 e. The van der Waals surface area contributed by atoms with E-state index in [2.05, 4.69) is 5.32 Å². The first-order chi connectivity index (χ1) is 18.9. The Bertz CT molecular complexity index is 1450. The van der Waals surface area contributed by atoms with Crippen LogP contribution in [0.2, 0.25) is 0 Å². The molecule has 3 aromatic rings. The molecular formula is C29H26N2O5S3. The number of nitrogens with zero attached hydrogens (tertiary/aromatic N) is 1. The minimum absolute atomic E-state index is 0.161. The van der Waals surface area contributed by atoms with Crippen LogP contribution in [0, 0.1) is 0 Å². The van der Waals surface area contributed by atoms with Crippen molar-refractivity contribution in [3.63, 3.8) is 0 Å². The number of thiophene rings is 1. The fraction of sp³-hybridized carbons (Fsp3) is 0.241. The summed E-state index contributed by atoms with van der Waals surface area (Å²) < 4.78 is 11.4. The molecule has 0 bridgehead atoms. The van der Waals surface area contributed by atoms with E-state index in [1.807, 2.05) is 42.5 Å². The van der Waals surface area contributed by atoms with Gasteiger partial charge in [-0.15, -0.1) is 11.3 Å². The maximum Gasteiger partial charge on any atom is 0.341 e. The van der Waals surface area contributed by atoms with Crippen LogP contribution in [0.3, 0.4) is 0 Å². The maximum absolute atomic E-state index is 12.9. The van der Waals surface area contributed by atoms with Crippen molar-refractivity contribution in [3.8, 4) is 5.75 Å². The van der Waals surface area contributed by atoms with Crippen LogP contribution in [-0.4, -0.2) is 35.3 Å². The minimum atomic E-state index is -0.399. The summed E-state index contributed by atoms with van der Waals surface area (Å²) >= 11 is 8.13. The first-order valence-electron chi connectivity index (χ1n) is 12.6. The van der Waals surface area contributed by atoms with Crippen LogP contribution < -0.4 is 15.0 Å². The molecule has 1 fully saturated rings. The number of hydrogen-bond donors (Lipinski definition) is 1. The zero-order chi connectivity index (χ0) is 27.4. The Hall–Kier alpha value is -3.47. The van der Waals surface area contributed by atoms with Crippen molar-refractivity contribution < 1.29 is 23.9 Å². The lowest BCUT2D eigenvalue weighted by Gasteiger charge is -2.13. The van der Waals surface area contributed by atoms with Gasteiger partial charge in [0.1, 0.15) is 10.8 Å². The molecule has 2 aliphatic rings. The zero-order valence-corrected chi connectivity index (χ0v) is 23.7. The van der Waals surface area contributed by atoms with Gasteiger partial charge in [-0.2, -0.15) is 0 Å². The highest BCUT2D eigenvalue weighted by molar-refractivity contribution is 8.27. The van der Waals surface area contributed by atoms with Crippen LogP contribution in [0.1, 0.15) is 46.1 Å². The van der Waals surface area contributed by atoms with Gasteiger partial charge >= 0.3 is 5.97 Å². The third-order valence-electron chi connectivity index (χ3n) is 6.26. The fourth-order valence-corrected chi connectivity index (χ4v) is 7.06. The Morgan fingerprint density at radius 2 is 1.82 bits per heavy atom. The number of anilines is 2. The van der Waals surface area contributed by atoms with E-state index < -0.39 is 5.97 Å². The summed E-state index contributed by atoms with van der Waals surface area (Å²) in [5.74, 6) is -0.405. The highest BCUT2D eigenvalue weighted by Gasteiger charge is 2.33. The topological polar surface area (TPSA) is 84.9 Å². The van der Waals surface area contributed by atoms with E-state index in [4.69, 9.17) is 21.7 Å². The first kappa shape index (κ1) is 27.1. The summed E-state index contributed by atoms with van der Waals surface area (Å²) in [4.78, 5) is 41.4. The van der Waals surface area contributed by atoms with E-state index >= 15 is 0 Å². The molecule has 2 heterocycles. The molecule has 1 saturated heterocycles. The second kappa shape index (κ2) is 12.1. The lowest BCUT2D eigenvalue weighted by atomic mass is 9.95. The molecule has 1 aromatic heterocycles. The van der Waals surface area contributed by atoms with E-state index in [1.165, 1.54) is 28.0 Å². The Labute approximate surface area is 240 Å². The number of amides is 2. The average molecular weight is 579 g/mol. The second-order valence-electron chi connectivity index (χ2n) is 8.89. The molecular weight excluding hydrogens is 553 g/mol.